The van der Waals surface area contributed by atoms with Crippen LogP contribution in [0.3, 0.4) is 0 Å². The first kappa shape index (κ1) is 12.9. The molecule has 4 nitrogen and oxygen atoms in total. The first-order valence-corrected chi connectivity index (χ1v) is 6.42. The minimum absolute atomic E-state index is 0.0000435. The molecule has 1 amide bonds. The molecule has 0 spiro atoms. The first-order valence-electron chi connectivity index (χ1n) is 6.42. The van der Waals surface area contributed by atoms with E-state index in [4.69, 9.17) is 5.73 Å². The number of carbonyl (C=O) groups excluding carboxylic acids is 1. The molecule has 0 saturated heterocycles. The van der Waals surface area contributed by atoms with Crippen LogP contribution < -0.4 is 11.1 Å². The zero-order valence-electron chi connectivity index (χ0n) is 11.1. The monoisotopic (exact) mass is 247 g/mol. The van der Waals surface area contributed by atoms with E-state index in [0.717, 1.165) is 5.56 Å². The van der Waals surface area contributed by atoms with Gasteiger partial charge < -0.3 is 11.1 Å². The van der Waals surface area contributed by atoms with Gasteiger partial charge in [-0.3, -0.25) is 9.69 Å². The van der Waals surface area contributed by atoms with Crippen molar-refractivity contribution in [3.05, 3.63) is 23.8 Å². The van der Waals surface area contributed by atoms with Gasteiger partial charge in [0.15, 0.2) is 0 Å². The summed E-state index contributed by atoms with van der Waals surface area (Å²) in [6.45, 7) is 2.41. The largest absolute Gasteiger partial charge is 0.397 e. The molecule has 4 heteroatoms. The zero-order chi connectivity index (χ0) is 13.1. The number of anilines is 2. The van der Waals surface area contributed by atoms with Crippen LogP contribution in [0.1, 0.15) is 24.8 Å². The SMILES string of the molecule is Cc1ccc(NC(=O)CN(C)C2CCC2)c(N)c1. The van der Waals surface area contributed by atoms with Gasteiger partial charge in [-0.05, 0) is 44.5 Å². The molecule has 3 N–H and O–H groups in total. The third-order valence-electron chi connectivity index (χ3n) is 3.57. The number of rotatable bonds is 4. The summed E-state index contributed by atoms with van der Waals surface area (Å²) in [6, 6.07) is 6.24. The normalized spacial score (nSPS) is 15.5. The Morgan fingerprint density at radius 2 is 2.22 bits per heavy atom. The highest BCUT2D eigenvalue weighted by Gasteiger charge is 2.23. The molecule has 1 aromatic rings. The number of nitrogen functional groups attached to an aromatic ring is 1. The quantitative estimate of drug-likeness (QED) is 0.800. The number of nitrogens with zero attached hydrogens (tertiary/aromatic N) is 1. The van der Waals surface area contributed by atoms with Crippen molar-refractivity contribution < 1.29 is 4.79 Å². The van der Waals surface area contributed by atoms with Crippen LogP contribution in [0.5, 0.6) is 0 Å². The van der Waals surface area contributed by atoms with Gasteiger partial charge in [-0.15, -0.1) is 0 Å². The van der Waals surface area contributed by atoms with Crippen molar-refractivity contribution in [1.29, 1.82) is 0 Å². The van der Waals surface area contributed by atoms with Crippen molar-refractivity contribution in [3.63, 3.8) is 0 Å². The van der Waals surface area contributed by atoms with E-state index in [0.29, 0.717) is 24.0 Å². The smallest absolute Gasteiger partial charge is 0.238 e. The fourth-order valence-corrected chi connectivity index (χ4v) is 2.17. The van der Waals surface area contributed by atoms with Crippen LogP contribution in [0.15, 0.2) is 18.2 Å². The molecule has 0 heterocycles. The Morgan fingerprint density at radius 3 is 2.78 bits per heavy atom. The van der Waals surface area contributed by atoms with Crippen molar-refractivity contribution in [2.24, 2.45) is 0 Å². The molecule has 0 atom stereocenters. The molecule has 1 saturated carbocycles. The molecule has 98 valence electrons. The standard InChI is InChI=1S/C14H21N3O/c1-10-6-7-13(12(15)8-10)16-14(18)9-17(2)11-4-3-5-11/h6-8,11H,3-5,9,15H2,1-2H3,(H,16,18). The Hall–Kier alpha value is -1.55. The second-order valence-electron chi connectivity index (χ2n) is 5.14. The Kier molecular flexibility index (Phi) is 3.87. The highest BCUT2D eigenvalue weighted by molar-refractivity contribution is 5.95. The lowest BCUT2D eigenvalue weighted by atomic mass is 9.92. The molecule has 0 unspecified atom stereocenters. The van der Waals surface area contributed by atoms with Gasteiger partial charge in [0, 0.05) is 6.04 Å². The minimum Gasteiger partial charge on any atom is -0.397 e. The van der Waals surface area contributed by atoms with Gasteiger partial charge in [-0.1, -0.05) is 12.5 Å². The summed E-state index contributed by atoms with van der Waals surface area (Å²) in [7, 11) is 2.00. The van der Waals surface area contributed by atoms with E-state index in [9.17, 15) is 4.79 Å². The Labute approximate surface area is 108 Å². The highest BCUT2D eigenvalue weighted by Crippen LogP contribution is 2.23. The lowest BCUT2D eigenvalue weighted by molar-refractivity contribution is -0.117. The number of nitrogens with two attached hydrogens (primary N) is 1. The van der Waals surface area contributed by atoms with Gasteiger partial charge >= 0.3 is 0 Å². The molecule has 0 aliphatic heterocycles. The summed E-state index contributed by atoms with van der Waals surface area (Å²) in [5.41, 5.74) is 8.29. The van der Waals surface area contributed by atoms with Crippen molar-refractivity contribution >= 4 is 17.3 Å². The summed E-state index contributed by atoms with van der Waals surface area (Å²) in [5, 5.41) is 2.87. The van der Waals surface area contributed by atoms with E-state index in [1.165, 1.54) is 19.3 Å². The molecule has 1 aliphatic rings. The number of amides is 1. The molecule has 0 radical (unpaired) electrons. The minimum atomic E-state index is -0.0000435. The molecule has 0 bridgehead atoms. The fraction of sp³-hybridized carbons (Fsp3) is 0.500. The number of likely N-dealkylation sites (N-methyl/N-ethyl adjacent to an activating group) is 1. The summed E-state index contributed by atoms with van der Waals surface area (Å²) >= 11 is 0. The molecule has 18 heavy (non-hydrogen) atoms. The van der Waals surface area contributed by atoms with Gasteiger partial charge in [0.1, 0.15) is 0 Å². The van der Waals surface area contributed by atoms with E-state index in [1.807, 2.05) is 32.2 Å². The molecular formula is C14H21N3O. The summed E-state index contributed by atoms with van der Waals surface area (Å²) in [4.78, 5) is 14.0. The van der Waals surface area contributed by atoms with E-state index in [2.05, 4.69) is 10.2 Å². The van der Waals surface area contributed by atoms with Gasteiger partial charge in [-0.2, -0.15) is 0 Å². The summed E-state index contributed by atoms with van der Waals surface area (Å²) in [5.74, 6) is -0.0000435. The second kappa shape index (κ2) is 5.40. The lowest BCUT2D eigenvalue weighted by Gasteiger charge is -2.34. The molecular weight excluding hydrogens is 226 g/mol. The number of nitrogens with one attached hydrogen (secondary N) is 1. The number of carbonyl (C=O) groups is 1. The van der Waals surface area contributed by atoms with E-state index in [1.54, 1.807) is 0 Å². The van der Waals surface area contributed by atoms with E-state index < -0.39 is 0 Å². The van der Waals surface area contributed by atoms with Crippen LogP contribution in [0.25, 0.3) is 0 Å². The molecule has 1 aliphatic carbocycles. The van der Waals surface area contributed by atoms with Crippen LogP contribution in [0, 0.1) is 6.92 Å². The Morgan fingerprint density at radius 1 is 1.50 bits per heavy atom. The molecule has 2 rings (SSSR count). The second-order valence-corrected chi connectivity index (χ2v) is 5.14. The van der Waals surface area contributed by atoms with E-state index >= 15 is 0 Å². The number of hydrogen-bond donors (Lipinski definition) is 2. The summed E-state index contributed by atoms with van der Waals surface area (Å²) in [6.07, 6.45) is 3.69. The van der Waals surface area contributed by atoms with Crippen LogP contribution in [0.2, 0.25) is 0 Å². The maximum atomic E-state index is 11.9. The fourth-order valence-electron chi connectivity index (χ4n) is 2.17. The van der Waals surface area contributed by atoms with Crippen molar-refractivity contribution in [3.8, 4) is 0 Å². The zero-order valence-corrected chi connectivity index (χ0v) is 11.1. The summed E-state index contributed by atoms with van der Waals surface area (Å²) < 4.78 is 0. The average Bonchev–Trinajstić information content (AvgIpc) is 2.19. The van der Waals surface area contributed by atoms with Crippen molar-refractivity contribution in [2.75, 3.05) is 24.6 Å². The Balaban J connectivity index is 1.90. The van der Waals surface area contributed by atoms with Crippen LogP contribution in [-0.2, 0) is 4.79 Å². The third kappa shape index (κ3) is 3.01. The van der Waals surface area contributed by atoms with Gasteiger partial charge in [0.25, 0.3) is 0 Å². The average molecular weight is 247 g/mol. The molecule has 0 aromatic heterocycles. The van der Waals surface area contributed by atoms with Crippen LogP contribution in [0.4, 0.5) is 11.4 Å². The van der Waals surface area contributed by atoms with E-state index in [-0.39, 0.29) is 5.91 Å². The highest BCUT2D eigenvalue weighted by atomic mass is 16.2. The predicted molar refractivity (Wildman–Crippen MR) is 74.5 cm³/mol. The topological polar surface area (TPSA) is 58.4 Å². The third-order valence-corrected chi connectivity index (χ3v) is 3.57. The number of aryl methyl sites for hydroxylation is 1. The molecule has 1 aromatic carbocycles. The maximum absolute atomic E-state index is 11.9. The molecule has 1 fully saturated rings. The Bertz CT molecular complexity index is 441. The number of benzene rings is 1. The number of hydrogen-bond acceptors (Lipinski definition) is 3. The van der Waals surface area contributed by atoms with Crippen molar-refractivity contribution in [2.45, 2.75) is 32.2 Å². The maximum Gasteiger partial charge on any atom is 0.238 e. The van der Waals surface area contributed by atoms with Gasteiger partial charge in [0.2, 0.25) is 5.91 Å². The van der Waals surface area contributed by atoms with Crippen LogP contribution >= 0.6 is 0 Å². The van der Waals surface area contributed by atoms with Gasteiger partial charge in [-0.25, -0.2) is 0 Å². The lowest BCUT2D eigenvalue weighted by Crippen LogP contribution is -2.41. The predicted octanol–water partition coefficient (Wildman–Crippen LogP) is 2.00. The van der Waals surface area contributed by atoms with Crippen molar-refractivity contribution in [1.82, 2.24) is 4.90 Å². The van der Waals surface area contributed by atoms with Crippen LogP contribution in [-0.4, -0.2) is 30.4 Å². The van der Waals surface area contributed by atoms with Gasteiger partial charge in [0.05, 0.1) is 17.9 Å². The first-order chi connectivity index (χ1) is 8.56.